The van der Waals surface area contributed by atoms with Gasteiger partial charge in [0.15, 0.2) is 0 Å². The van der Waals surface area contributed by atoms with Crippen molar-refractivity contribution in [2.75, 3.05) is 26.7 Å². The maximum absolute atomic E-state index is 9.49. The molecule has 2 saturated heterocycles. The fourth-order valence-electron chi connectivity index (χ4n) is 4.04. The first kappa shape index (κ1) is 15.0. The Morgan fingerprint density at radius 3 is 2.81 bits per heavy atom. The molecule has 0 saturated carbocycles. The van der Waals surface area contributed by atoms with Crippen LogP contribution in [0.4, 0.5) is 0 Å². The van der Waals surface area contributed by atoms with Crippen molar-refractivity contribution in [3.05, 3.63) is 29.8 Å². The molecule has 21 heavy (non-hydrogen) atoms. The van der Waals surface area contributed by atoms with Gasteiger partial charge in [-0.2, -0.15) is 0 Å². The monoisotopic (exact) mass is 288 g/mol. The summed E-state index contributed by atoms with van der Waals surface area (Å²) in [7, 11) is 0.878. The van der Waals surface area contributed by atoms with Crippen molar-refractivity contribution < 1.29 is 10.0 Å². The second-order valence-corrected chi connectivity index (χ2v) is 6.55. The van der Waals surface area contributed by atoms with Crippen molar-refractivity contribution >= 4 is 12.6 Å². The molecule has 0 spiro atoms. The average Bonchev–Trinajstić information content (AvgIpc) is 2.48. The van der Waals surface area contributed by atoms with Gasteiger partial charge >= 0.3 is 7.12 Å². The van der Waals surface area contributed by atoms with Crippen LogP contribution < -0.4 is 5.46 Å². The Balaban J connectivity index is 1.67. The fraction of sp³-hybridized carbons (Fsp3) is 0.625. The van der Waals surface area contributed by atoms with Gasteiger partial charge in [-0.15, -0.1) is 0 Å². The van der Waals surface area contributed by atoms with Gasteiger partial charge in [0.05, 0.1) is 0 Å². The van der Waals surface area contributed by atoms with E-state index in [1.165, 1.54) is 25.8 Å². The molecule has 0 aromatic heterocycles. The first-order valence-corrected chi connectivity index (χ1v) is 8.01. The smallest absolute Gasteiger partial charge is 0.423 e. The van der Waals surface area contributed by atoms with Crippen LogP contribution in [-0.4, -0.2) is 59.7 Å². The van der Waals surface area contributed by atoms with E-state index in [9.17, 15) is 10.0 Å². The Labute approximate surface area is 127 Å². The summed E-state index contributed by atoms with van der Waals surface area (Å²) in [5.74, 6) is 0.767. The van der Waals surface area contributed by atoms with Crippen LogP contribution in [0.2, 0.25) is 0 Å². The lowest BCUT2D eigenvalue weighted by atomic mass is 9.76. The Morgan fingerprint density at radius 1 is 1.19 bits per heavy atom. The van der Waals surface area contributed by atoms with Crippen molar-refractivity contribution in [1.29, 1.82) is 0 Å². The molecule has 2 N–H and O–H groups in total. The highest BCUT2D eigenvalue weighted by Crippen LogP contribution is 2.30. The predicted molar refractivity (Wildman–Crippen MR) is 85.3 cm³/mol. The topological polar surface area (TPSA) is 46.9 Å². The number of fused-ring (bicyclic) bond motifs is 1. The van der Waals surface area contributed by atoms with E-state index in [1.807, 2.05) is 18.2 Å². The number of hydrogen-bond donors (Lipinski definition) is 2. The maximum Gasteiger partial charge on any atom is 0.488 e. The van der Waals surface area contributed by atoms with Crippen molar-refractivity contribution in [2.24, 2.45) is 5.92 Å². The zero-order valence-corrected chi connectivity index (χ0v) is 12.8. The lowest BCUT2D eigenvalue weighted by Crippen LogP contribution is -2.52. The number of benzene rings is 1. The van der Waals surface area contributed by atoms with Gasteiger partial charge in [-0.05, 0) is 56.3 Å². The minimum Gasteiger partial charge on any atom is -0.423 e. The standard InChI is InChI=1S/C16H25BN2O2/c1-18-9-4-6-14-12-19(10-8-16(14)18)11-13-5-2-3-7-15(13)17(20)21/h2-3,5,7,14,16,20-21H,4,6,8-12H2,1H3. The molecule has 5 heteroatoms. The van der Waals surface area contributed by atoms with Gasteiger partial charge in [0.25, 0.3) is 0 Å². The number of likely N-dealkylation sites (tertiary alicyclic amines) is 2. The molecule has 0 amide bonds. The molecule has 4 nitrogen and oxygen atoms in total. The van der Waals surface area contributed by atoms with E-state index in [1.54, 1.807) is 6.07 Å². The molecule has 2 heterocycles. The average molecular weight is 288 g/mol. The van der Waals surface area contributed by atoms with Gasteiger partial charge in [-0.3, -0.25) is 4.90 Å². The van der Waals surface area contributed by atoms with Crippen molar-refractivity contribution in [1.82, 2.24) is 9.80 Å². The molecule has 0 radical (unpaired) electrons. The quantitative estimate of drug-likeness (QED) is 0.785. The van der Waals surface area contributed by atoms with Crippen LogP contribution in [0.25, 0.3) is 0 Å². The zero-order valence-electron chi connectivity index (χ0n) is 12.8. The Morgan fingerprint density at radius 2 is 2.00 bits per heavy atom. The zero-order chi connectivity index (χ0) is 14.8. The van der Waals surface area contributed by atoms with Gasteiger partial charge in [0.1, 0.15) is 0 Å². The summed E-state index contributed by atoms with van der Waals surface area (Å²) in [4.78, 5) is 5.00. The molecule has 0 bridgehead atoms. The van der Waals surface area contributed by atoms with Crippen LogP contribution in [0, 0.1) is 5.92 Å². The highest BCUT2D eigenvalue weighted by molar-refractivity contribution is 6.59. The molecule has 2 aliphatic heterocycles. The van der Waals surface area contributed by atoms with Crippen LogP contribution >= 0.6 is 0 Å². The molecule has 0 aliphatic carbocycles. The highest BCUT2D eigenvalue weighted by Gasteiger charge is 2.34. The third-order valence-corrected chi connectivity index (χ3v) is 5.16. The molecule has 2 fully saturated rings. The van der Waals surface area contributed by atoms with Crippen molar-refractivity contribution in [3.8, 4) is 0 Å². The Bertz CT molecular complexity index is 483. The minimum absolute atomic E-state index is 0.639. The lowest BCUT2D eigenvalue weighted by molar-refractivity contribution is 0.0356. The number of nitrogens with zero attached hydrogens (tertiary/aromatic N) is 2. The van der Waals surface area contributed by atoms with E-state index in [4.69, 9.17) is 0 Å². The molecule has 2 atom stereocenters. The van der Waals surface area contributed by atoms with Crippen LogP contribution in [-0.2, 0) is 6.54 Å². The van der Waals surface area contributed by atoms with E-state index in [2.05, 4.69) is 16.8 Å². The molecule has 1 aromatic carbocycles. The van der Waals surface area contributed by atoms with Crippen LogP contribution in [0.1, 0.15) is 24.8 Å². The normalized spacial score (nSPS) is 27.4. The fourth-order valence-corrected chi connectivity index (χ4v) is 4.04. The molecule has 2 unspecified atom stereocenters. The maximum atomic E-state index is 9.49. The summed E-state index contributed by atoms with van der Waals surface area (Å²) < 4.78 is 0. The molecule has 114 valence electrons. The van der Waals surface area contributed by atoms with Crippen LogP contribution in [0.3, 0.4) is 0 Å². The molecular weight excluding hydrogens is 263 g/mol. The van der Waals surface area contributed by atoms with Gasteiger partial charge in [0, 0.05) is 19.1 Å². The summed E-state index contributed by atoms with van der Waals surface area (Å²) in [5.41, 5.74) is 1.68. The lowest BCUT2D eigenvalue weighted by Gasteiger charge is -2.46. The second kappa shape index (κ2) is 6.49. The van der Waals surface area contributed by atoms with Gasteiger partial charge in [-0.25, -0.2) is 0 Å². The summed E-state index contributed by atoms with van der Waals surface area (Å²) in [6.07, 6.45) is 3.86. The van der Waals surface area contributed by atoms with Gasteiger partial charge < -0.3 is 14.9 Å². The molecule has 3 rings (SSSR count). The van der Waals surface area contributed by atoms with Crippen molar-refractivity contribution in [3.63, 3.8) is 0 Å². The SMILES string of the molecule is CN1CCCC2CN(Cc3ccccc3B(O)O)CCC21. The number of rotatable bonds is 3. The van der Waals surface area contributed by atoms with E-state index < -0.39 is 7.12 Å². The molecular formula is C16H25BN2O2. The first-order chi connectivity index (χ1) is 10.1. The highest BCUT2D eigenvalue weighted by atomic mass is 16.4. The summed E-state index contributed by atoms with van der Waals surface area (Å²) in [5, 5.41) is 19.0. The minimum atomic E-state index is -1.38. The first-order valence-electron chi connectivity index (χ1n) is 8.01. The van der Waals surface area contributed by atoms with Crippen molar-refractivity contribution in [2.45, 2.75) is 31.8 Å². The number of piperidine rings is 2. The van der Waals surface area contributed by atoms with E-state index in [-0.39, 0.29) is 0 Å². The largest absolute Gasteiger partial charge is 0.488 e. The van der Waals surface area contributed by atoms with E-state index in [0.717, 1.165) is 37.2 Å². The molecule has 2 aliphatic rings. The van der Waals surface area contributed by atoms with Crippen LogP contribution in [0.15, 0.2) is 24.3 Å². The third-order valence-electron chi connectivity index (χ3n) is 5.16. The Kier molecular flexibility index (Phi) is 4.64. The third kappa shape index (κ3) is 3.32. The summed E-state index contributed by atoms with van der Waals surface area (Å²) >= 11 is 0. The Hall–Kier alpha value is -0.875. The van der Waals surface area contributed by atoms with E-state index in [0.29, 0.717) is 5.46 Å². The summed E-state index contributed by atoms with van der Waals surface area (Å²) in [6.45, 7) is 4.29. The van der Waals surface area contributed by atoms with E-state index >= 15 is 0 Å². The molecule has 1 aromatic rings. The number of hydrogen-bond acceptors (Lipinski definition) is 4. The second-order valence-electron chi connectivity index (χ2n) is 6.55. The van der Waals surface area contributed by atoms with Gasteiger partial charge in [0.2, 0.25) is 0 Å². The summed E-state index contributed by atoms with van der Waals surface area (Å²) in [6, 6.07) is 8.39. The predicted octanol–water partition coefficient (Wildman–Crippen LogP) is 0.283. The van der Waals surface area contributed by atoms with Gasteiger partial charge in [-0.1, -0.05) is 24.3 Å². The van der Waals surface area contributed by atoms with Crippen LogP contribution in [0.5, 0.6) is 0 Å².